The Labute approximate surface area is 158 Å². The monoisotopic (exact) mass is 377 g/mol. The zero-order chi connectivity index (χ0) is 19.5. The van der Waals surface area contributed by atoms with Gasteiger partial charge in [0, 0.05) is 11.1 Å². The van der Waals surface area contributed by atoms with Crippen molar-refractivity contribution in [3.05, 3.63) is 96.0 Å². The maximum atomic E-state index is 13.0. The van der Waals surface area contributed by atoms with Crippen molar-refractivity contribution in [3.63, 3.8) is 0 Å². The van der Waals surface area contributed by atoms with Crippen LogP contribution in [-0.2, 0) is 0 Å². The number of carbonyl (C=O) groups excluding carboxylic acids is 2. The Morgan fingerprint density at radius 1 is 0.893 bits per heavy atom. The number of carbonyl (C=O) groups is 2. The van der Waals surface area contributed by atoms with E-state index in [1.54, 1.807) is 12.1 Å². The summed E-state index contributed by atoms with van der Waals surface area (Å²) < 4.78 is 28.7. The van der Waals surface area contributed by atoms with E-state index >= 15 is 0 Å². The van der Waals surface area contributed by atoms with Gasteiger partial charge >= 0.3 is 5.97 Å². The fourth-order valence-electron chi connectivity index (χ4n) is 2.57. The summed E-state index contributed by atoms with van der Waals surface area (Å²) in [6, 6.07) is 14.6. The third-order valence-electron chi connectivity index (χ3n) is 3.94. The van der Waals surface area contributed by atoms with Crippen molar-refractivity contribution in [2.45, 2.75) is 0 Å². The molecule has 0 saturated carbocycles. The number of furan rings is 1. The first-order valence-electron chi connectivity index (χ1n) is 8.22. The molecule has 0 bridgehead atoms. The third kappa shape index (κ3) is 3.45. The van der Waals surface area contributed by atoms with Crippen LogP contribution in [0, 0.1) is 5.82 Å². The van der Waals surface area contributed by atoms with Crippen molar-refractivity contribution in [2.75, 3.05) is 0 Å². The van der Waals surface area contributed by atoms with E-state index in [9.17, 15) is 14.0 Å². The summed E-state index contributed by atoms with van der Waals surface area (Å²) in [5.74, 6) is -0.662. The molecule has 7 heteroatoms. The zero-order valence-corrected chi connectivity index (χ0v) is 14.3. The second-order valence-electron chi connectivity index (χ2n) is 5.76. The lowest BCUT2D eigenvalue weighted by molar-refractivity contribution is 0.0729. The van der Waals surface area contributed by atoms with Gasteiger partial charge in [-0.05, 0) is 60.7 Å². The predicted molar refractivity (Wildman–Crippen MR) is 95.4 cm³/mol. The van der Waals surface area contributed by atoms with E-state index in [4.69, 9.17) is 13.6 Å². The van der Waals surface area contributed by atoms with Gasteiger partial charge < -0.3 is 13.6 Å². The molecule has 2 aromatic heterocycles. The van der Waals surface area contributed by atoms with Gasteiger partial charge in [-0.3, -0.25) is 4.79 Å². The number of halogens is 1. The quantitative estimate of drug-likeness (QED) is 0.289. The van der Waals surface area contributed by atoms with Gasteiger partial charge in [-0.15, -0.1) is 0 Å². The normalized spacial score (nSPS) is 10.6. The van der Waals surface area contributed by atoms with Crippen LogP contribution >= 0.6 is 0 Å². The van der Waals surface area contributed by atoms with E-state index in [0.29, 0.717) is 16.9 Å². The largest absolute Gasteiger partial charge is 0.461 e. The van der Waals surface area contributed by atoms with Crippen LogP contribution in [0.1, 0.15) is 26.4 Å². The molecule has 0 unspecified atom stereocenters. The Kier molecular flexibility index (Phi) is 4.55. The predicted octanol–water partition coefficient (Wildman–Crippen LogP) is 4.52. The van der Waals surface area contributed by atoms with Gasteiger partial charge in [0.25, 0.3) is 0 Å². The molecule has 0 N–H and O–H groups in total. The van der Waals surface area contributed by atoms with Crippen LogP contribution in [0.15, 0.2) is 82.2 Å². The highest BCUT2D eigenvalue weighted by molar-refractivity contribution is 6.09. The van der Waals surface area contributed by atoms with Crippen molar-refractivity contribution in [3.8, 4) is 17.3 Å². The number of nitrogens with zero attached hydrogens (tertiary/aromatic N) is 1. The minimum atomic E-state index is -0.724. The molecule has 138 valence electrons. The molecular formula is C21H12FNO5. The molecule has 0 aliphatic rings. The molecule has 0 radical (unpaired) electrons. The number of hydrogen-bond donors (Lipinski definition) is 0. The minimum Gasteiger partial charge on any atom is -0.461 e. The molecular weight excluding hydrogens is 365 g/mol. The molecule has 0 atom stereocenters. The lowest BCUT2D eigenvalue weighted by Crippen LogP contribution is -2.10. The van der Waals surface area contributed by atoms with Crippen LogP contribution in [0.25, 0.3) is 11.5 Å². The lowest BCUT2D eigenvalue weighted by atomic mass is 10.0. The molecule has 0 fully saturated rings. The summed E-state index contributed by atoms with van der Waals surface area (Å²) in [5, 5.41) is 0. The fraction of sp³-hybridized carbons (Fsp3) is 0. The van der Waals surface area contributed by atoms with E-state index in [0.717, 1.165) is 6.39 Å². The molecule has 4 rings (SSSR count). The van der Waals surface area contributed by atoms with E-state index in [1.165, 1.54) is 54.8 Å². The van der Waals surface area contributed by atoms with E-state index in [-0.39, 0.29) is 23.0 Å². The van der Waals surface area contributed by atoms with Crippen molar-refractivity contribution in [2.24, 2.45) is 0 Å². The van der Waals surface area contributed by atoms with E-state index in [1.807, 2.05) is 0 Å². The smallest absolute Gasteiger partial charge is 0.366 e. The number of rotatable bonds is 5. The average molecular weight is 377 g/mol. The molecule has 4 aromatic rings. The number of benzene rings is 2. The molecule has 28 heavy (non-hydrogen) atoms. The molecule has 6 nitrogen and oxygen atoms in total. The second kappa shape index (κ2) is 7.32. The van der Waals surface area contributed by atoms with Crippen LogP contribution < -0.4 is 4.74 Å². The molecule has 2 heterocycles. The Morgan fingerprint density at radius 2 is 1.57 bits per heavy atom. The number of ether oxygens (including phenoxy) is 1. The summed E-state index contributed by atoms with van der Waals surface area (Å²) in [5.41, 5.74) is 0.711. The van der Waals surface area contributed by atoms with Crippen LogP contribution in [0.2, 0.25) is 0 Å². The van der Waals surface area contributed by atoms with E-state index < -0.39 is 11.8 Å². The summed E-state index contributed by atoms with van der Waals surface area (Å²) in [4.78, 5) is 28.6. The Hall–Kier alpha value is -4.00. The first-order chi connectivity index (χ1) is 13.6. The standard InChI is InChI=1S/C21H12FNO5/c22-15-7-3-13(4-8-15)19(24)14-5-9-16(10-6-14)28-21(25)18-20(27-12-23-18)17-2-1-11-26-17/h1-12H. The van der Waals surface area contributed by atoms with Crippen molar-refractivity contribution < 1.29 is 27.6 Å². The summed E-state index contributed by atoms with van der Waals surface area (Å²) in [6.45, 7) is 0. The molecule has 0 aliphatic carbocycles. The van der Waals surface area contributed by atoms with Crippen LogP contribution in [0.4, 0.5) is 4.39 Å². The van der Waals surface area contributed by atoms with Crippen LogP contribution in [0.3, 0.4) is 0 Å². The fourth-order valence-corrected chi connectivity index (χ4v) is 2.57. The average Bonchev–Trinajstić information content (AvgIpc) is 3.40. The maximum Gasteiger partial charge on any atom is 0.366 e. The molecule has 0 saturated heterocycles. The van der Waals surface area contributed by atoms with Gasteiger partial charge in [-0.1, -0.05) is 0 Å². The molecule has 0 amide bonds. The number of oxazole rings is 1. The second-order valence-corrected chi connectivity index (χ2v) is 5.76. The van der Waals surface area contributed by atoms with Crippen molar-refractivity contribution in [1.82, 2.24) is 4.98 Å². The van der Waals surface area contributed by atoms with Crippen molar-refractivity contribution in [1.29, 1.82) is 0 Å². The number of aromatic nitrogens is 1. The lowest BCUT2D eigenvalue weighted by Gasteiger charge is -2.05. The number of ketones is 1. The zero-order valence-electron chi connectivity index (χ0n) is 14.3. The topological polar surface area (TPSA) is 82.5 Å². The van der Waals surface area contributed by atoms with E-state index in [2.05, 4.69) is 4.98 Å². The van der Waals surface area contributed by atoms with Crippen LogP contribution in [0.5, 0.6) is 5.75 Å². The van der Waals surface area contributed by atoms with Gasteiger partial charge in [-0.25, -0.2) is 14.2 Å². The summed E-state index contributed by atoms with van der Waals surface area (Å²) in [6.07, 6.45) is 2.57. The first kappa shape index (κ1) is 17.4. The third-order valence-corrected chi connectivity index (χ3v) is 3.94. The SMILES string of the molecule is O=C(c1ccc(F)cc1)c1ccc(OC(=O)c2ncoc2-c2ccco2)cc1. The highest BCUT2D eigenvalue weighted by atomic mass is 19.1. The number of esters is 1. The number of hydrogen-bond acceptors (Lipinski definition) is 6. The summed E-state index contributed by atoms with van der Waals surface area (Å²) in [7, 11) is 0. The minimum absolute atomic E-state index is 0.0265. The first-order valence-corrected chi connectivity index (χ1v) is 8.22. The molecule has 0 spiro atoms. The van der Waals surface area contributed by atoms with Crippen LogP contribution in [-0.4, -0.2) is 16.7 Å². The molecule has 2 aromatic carbocycles. The summed E-state index contributed by atoms with van der Waals surface area (Å²) >= 11 is 0. The Balaban J connectivity index is 1.49. The van der Waals surface area contributed by atoms with Crippen molar-refractivity contribution >= 4 is 11.8 Å². The highest BCUT2D eigenvalue weighted by Gasteiger charge is 2.22. The Morgan fingerprint density at radius 3 is 2.21 bits per heavy atom. The Bertz CT molecular complexity index is 1110. The van der Waals surface area contributed by atoms with Gasteiger partial charge in [0.1, 0.15) is 11.6 Å². The van der Waals surface area contributed by atoms with Gasteiger partial charge in [0.05, 0.1) is 6.26 Å². The maximum absolute atomic E-state index is 13.0. The highest BCUT2D eigenvalue weighted by Crippen LogP contribution is 2.25. The van der Waals surface area contributed by atoms with Gasteiger partial charge in [0.15, 0.2) is 23.6 Å². The van der Waals surface area contributed by atoms with Gasteiger partial charge in [0.2, 0.25) is 5.76 Å². The molecule has 0 aliphatic heterocycles. The van der Waals surface area contributed by atoms with Gasteiger partial charge in [-0.2, -0.15) is 0 Å².